The van der Waals surface area contributed by atoms with Gasteiger partial charge in [-0.1, -0.05) is 0 Å². The van der Waals surface area contributed by atoms with E-state index in [1.165, 1.54) is 0 Å². The van der Waals surface area contributed by atoms with Gasteiger partial charge in [-0.25, -0.2) is 5.84 Å². The fraction of sp³-hybridized carbons (Fsp3) is 0.889. The molecule has 2 rings (SSSR count). The maximum Gasteiger partial charge on any atom is 0.208 e. The van der Waals surface area contributed by atoms with E-state index in [1.54, 1.807) is 5.01 Å². The standard InChI is InChI=1S/C9H19N5O/c10-14-4-2-12-9(14)11-1-3-13-5-7-15-8-6-13/h1-8,10H2,(H,11,12). The first-order valence-electron chi connectivity index (χ1n) is 5.47. The topological polar surface area (TPSA) is 66.1 Å². The summed E-state index contributed by atoms with van der Waals surface area (Å²) in [5, 5.41) is 4.91. The molecule has 1 saturated heterocycles. The molecule has 0 bridgehead atoms. The average Bonchev–Trinajstić information content (AvgIpc) is 2.66. The highest BCUT2D eigenvalue weighted by Gasteiger charge is 2.13. The van der Waals surface area contributed by atoms with Gasteiger partial charge < -0.3 is 10.1 Å². The third kappa shape index (κ3) is 3.05. The second-order valence-corrected chi connectivity index (χ2v) is 3.78. The SMILES string of the molecule is NN1CCN=C1NCCN1CCOCC1. The van der Waals surface area contributed by atoms with Crippen molar-refractivity contribution in [1.29, 1.82) is 0 Å². The van der Waals surface area contributed by atoms with Gasteiger partial charge in [-0.3, -0.25) is 14.9 Å². The molecule has 0 spiro atoms. The zero-order chi connectivity index (χ0) is 10.5. The molecule has 1 fully saturated rings. The fourth-order valence-electron chi connectivity index (χ4n) is 1.77. The van der Waals surface area contributed by atoms with Gasteiger partial charge >= 0.3 is 0 Å². The van der Waals surface area contributed by atoms with E-state index in [0.29, 0.717) is 0 Å². The minimum absolute atomic E-state index is 0.802. The first-order valence-corrected chi connectivity index (χ1v) is 5.47. The van der Waals surface area contributed by atoms with Crippen LogP contribution in [0, 0.1) is 0 Å². The van der Waals surface area contributed by atoms with E-state index in [1.807, 2.05) is 0 Å². The van der Waals surface area contributed by atoms with Crippen molar-refractivity contribution in [3.05, 3.63) is 0 Å². The largest absolute Gasteiger partial charge is 0.379 e. The third-order valence-electron chi connectivity index (χ3n) is 2.69. The lowest BCUT2D eigenvalue weighted by Gasteiger charge is -2.27. The van der Waals surface area contributed by atoms with Crippen LogP contribution in [0.2, 0.25) is 0 Å². The van der Waals surface area contributed by atoms with Crippen molar-refractivity contribution in [3.8, 4) is 0 Å². The number of ether oxygens (including phenoxy) is 1. The molecule has 2 heterocycles. The quantitative estimate of drug-likeness (QED) is 0.556. The van der Waals surface area contributed by atoms with E-state index in [0.717, 1.165) is 58.4 Å². The number of hydrogen-bond donors (Lipinski definition) is 2. The van der Waals surface area contributed by atoms with E-state index < -0.39 is 0 Å². The van der Waals surface area contributed by atoms with Crippen molar-refractivity contribution in [3.63, 3.8) is 0 Å². The predicted octanol–water partition coefficient (Wildman–Crippen LogP) is -1.55. The fourth-order valence-corrected chi connectivity index (χ4v) is 1.77. The first kappa shape index (κ1) is 10.7. The summed E-state index contributed by atoms with van der Waals surface area (Å²) >= 11 is 0. The van der Waals surface area contributed by atoms with Gasteiger partial charge in [0.15, 0.2) is 0 Å². The molecular weight excluding hydrogens is 194 g/mol. The van der Waals surface area contributed by atoms with Crippen LogP contribution in [-0.2, 0) is 4.74 Å². The molecule has 0 radical (unpaired) electrons. The smallest absolute Gasteiger partial charge is 0.208 e. The van der Waals surface area contributed by atoms with E-state index in [2.05, 4.69) is 15.2 Å². The van der Waals surface area contributed by atoms with Gasteiger partial charge in [0, 0.05) is 26.2 Å². The summed E-state index contributed by atoms with van der Waals surface area (Å²) in [5.74, 6) is 6.53. The van der Waals surface area contributed by atoms with E-state index in [4.69, 9.17) is 10.6 Å². The molecule has 0 amide bonds. The number of guanidine groups is 1. The maximum atomic E-state index is 5.70. The van der Waals surface area contributed by atoms with Crippen molar-refractivity contribution >= 4 is 5.96 Å². The molecule has 15 heavy (non-hydrogen) atoms. The Morgan fingerprint density at radius 3 is 2.80 bits per heavy atom. The molecule has 0 saturated carbocycles. The highest BCUT2D eigenvalue weighted by atomic mass is 16.5. The first-order chi connectivity index (χ1) is 7.36. The Morgan fingerprint density at radius 2 is 2.13 bits per heavy atom. The Hall–Kier alpha value is -0.850. The lowest BCUT2D eigenvalue weighted by atomic mass is 10.4. The zero-order valence-electron chi connectivity index (χ0n) is 8.98. The van der Waals surface area contributed by atoms with Crippen molar-refractivity contribution in [2.24, 2.45) is 10.8 Å². The van der Waals surface area contributed by atoms with Crippen LogP contribution in [0.15, 0.2) is 4.99 Å². The maximum absolute atomic E-state index is 5.70. The minimum atomic E-state index is 0.802. The molecule has 86 valence electrons. The zero-order valence-corrected chi connectivity index (χ0v) is 8.98. The van der Waals surface area contributed by atoms with Gasteiger partial charge in [-0.2, -0.15) is 0 Å². The second-order valence-electron chi connectivity index (χ2n) is 3.78. The molecular formula is C9H19N5O. The van der Waals surface area contributed by atoms with Crippen LogP contribution in [0.3, 0.4) is 0 Å². The summed E-state index contributed by atoms with van der Waals surface area (Å²) in [6.45, 7) is 7.30. The highest BCUT2D eigenvalue weighted by molar-refractivity contribution is 5.80. The van der Waals surface area contributed by atoms with Gasteiger partial charge in [0.1, 0.15) is 0 Å². The Balaban J connectivity index is 1.61. The van der Waals surface area contributed by atoms with Gasteiger partial charge in [0.25, 0.3) is 0 Å². The lowest BCUT2D eigenvalue weighted by molar-refractivity contribution is 0.0388. The van der Waals surface area contributed by atoms with Gasteiger partial charge in [-0.15, -0.1) is 0 Å². The number of morpholine rings is 1. The van der Waals surface area contributed by atoms with Gasteiger partial charge in [0.2, 0.25) is 5.96 Å². The number of nitrogens with zero attached hydrogens (tertiary/aromatic N) is 3. The molecule has 0 aromatic heterocycles. The normalized spacial score (nSPS) is 23.0. The molecule has 0 unspecified atom stereocenters. The summed E-state index contributed by atoms with van der Waals surface area (Å²) < 4.78 is 5.28. The van der Waals surface area contributed by atoms with Crippen LogP contribution in [0.4, 0.5) is 0 Å². The van der Waals surface area contributed by atoms with E-state index >= 15 is 0 Å². The van der Waals surface area contributed by atoms with Crippen molar-refractivity contribution in [1.82, 2.24) is 15.2 Å². The number of hydrogen-bond acceptors (Lipinski definition) is 6. The van der Waals surface area contributed by atoms with Crippen molar-refractivity contribution in [2.75, 3.05) is 52.5 Å². The van der Waals surface area contributed by atoms with Crippen LogP contribution >= 0.6 is 0 Å². The summed E-state index contributed by atoms with van der Waals surface area (Å²) in [6, 6.07) is 0. The van der Waals surface area contributed by atoms with Crippen LogP contribution < -0.4 is 11.2 Å². The second kappa shape index (κ2) is 5.29. The molecule has 6 nitrogen and oxygen atoms in total. The van der Waals surface area contributed by atoms with E-state index in [9.17, 15) is 0 Å². The molecule has 0 aliphatic carbocycles. The summed E-state index contributed by atoms with van der Waals surface area (Å²) in [7, 11) is 0. The molecule has 3 N–H and O–H groups in total. The van der Waals surface area contributed by atoms with Crippen LogP contribution in [0.1, 0.15) is 0 Å². The molecule has 6 heteroatoms. The van der Waals surface area contributed by atoms with Crippen LogP contribution in [0.5, 0.6) is 0 Å². The van der Waals surface area contributed by atoms with Gasteiger partial charge in [-0.05, 0) is 0 Å². The van der Waals surface area contributed by atoms with Crippen molar-refractivity contribution in [2.45, 2.75) is 0 Å². The molecule has 2 aliphatic heterocycles. The number of rotatable bonds is 3. The number of hydrazine groups is 1. The van der Waals surface area contributed by atoms with Gasteiger partial charge in [0.05, 0.1) is 26.3 Å². The van der Waals surface area contributed by atoms with Crippen LogP contribution in [0.25, 0.3) is 0 Å². The van der Waals surface area contributed by atoms with E-state index in [-0.39, 0.29) is 0 Å². The Morgan fingerprint density at radius 1 is 1.33 bits per heavy atom. The Kier molecular flexibility index (Phi) is 3.76. The Bertz CT molecular complexity index is 227. The number of nitrogens with two attached hydrogens (primary N) is 1. The van der Waals surface area contributed by atoms with Crippen LogP contribution in [-0.4, -0.2) is 68.4 Å². The Labute approximate surface area is 90.0 Å². The highest BCUT2D eigenvalue weighted by Crippen LogP contribution is 1.96. The number of aliphatic imine (C=N–C) groups is 1. The molecule has 0 atom stereocenters. The molecule has 0 aromatic rings. The summed E-state index contributed by atoms with van der Waals surface area (Å²) in [5.41, 5.74) is 0. The minimum Gasteiger partial charge on any atom is -0.379 e. The van der Waals surface area contributed by atoms with Crippen molar-refractivity contribution < 1.29 is 4.74 Å². The third-order valence-corrected chi connectivity index (χ3v) is 2.69. The summed E-state index contributed by atoms with van der Waals surface area (Å²) in [4.78, 5) is 6.64. The molecule has 2 aliphatic rings. The number of nitrogens with one attached hydrogen (secondary N) is 1. The lowest BCUT2D eigenvalue weighted by Crippen LogP contribution is -2.46. The molecule has 0 aromatic carbocycles. The average molecular weight is 213 g/mol. The predicted molar refractivity (Wildman–Crippen MR) is 58.5 cm³/mol. The summed E-state index contributed by atoms with van der Waals surface area (Å²) in [6.07, 6.45) is 0. The monoisotopic (exact) mass is 213 g/mol.